The Kier molecular flexibility index (Phi) is 4.15. The van der Waals surface area contributed by atoms with Crippen LogP contribution in [0.1, 0.15) is 10.4 Å². The minimum atomic E-state index is 0.000297. The van der Waals surface area contributed by atoms with Crippen molar-refractivity contribution in [2.75, 3.05) is 5.33 Å². The first-order chi connectivity index (χ1) is 10.0. The van der Waals surface area contributed by atoms with Gasteiger partial charge in [-0.3, -0.25) is 4.79 Å². The summed E-state index contributed by atoms with van der Waals surface area (Å²) in [6.07, 6.45) is 0. The Morgan fingerprint density at radius 2 is 1.71 bits per heavy atom. The quantitative estimate of drug-likeness (QED) is 0.270. The zero-order chi connectivity index (χ0) is 15.1. The molecule has 0 bridgehead atoms. The summed E-state index contributed by atoms with van der Waals surface area (Å²) >= 11 is 21.7. The molecule has 0 unspecified atom stereocenters. The van der Waals surface area contributed by atoms with E-state index < -0.39 is 0 Å². The minimum absolute atomic E-state index is 0.000297. The Morgan fingerprint density at radius 3 is 2.43 bits per heavy atom. The van der Waals surface area contributed by atoms with E-state index in [1.165, 1.54) is 0 Å². The highest BCUT2D eigenvalue weighted by Gasteiger charge is 2.15. The van der Waals surface area contributed by atoms with Crippen molar-refractivity contribution < 1.29 is 4.79 Å². The second-order valence-corrected chi connectivity index (χ2v) is 6.50. The van der Waals surface area contributed by atoms with Gasteiger partial charge in [0.25, 0.3) is 0 Å². The lowest BCUT2D eigenvalue weighted by atomic mass is 9.95. The first-order valence-corrected chi connectivity index (χ1v) is 8.37. The molecule has 0 radical (unpaired) electrons. The molecule has 1 nitrogen and oxygen atoms in total. The second kappa shape index (κ2) is 5.77. The predicted octanol–water partition coefficient (Wildman–Crippen LogP) is 6.53. The maximum absolute atomic E-state index is 12.2. The number of Topliss-reactive ketones (excluding diaryl/α,β-unsaturated/α-hetero) is 1. The molecule has 3 rings (SSSR count). The molecule has 0 amide bonds. The second-order valence-electron chi connectivity index (χ2n) is 4.66. The average Bonchev–Trinajstić information content (AvgIpc) is 2.44. The molecule has 5 heteroatoms. The van der Waals surface area contributed by atoms with Crippen molar-refractivity contribution in [2.45, 2.75) is 0 Å². The molecule has 0 aliphatic rings. The predicted molar refractivity (Wildman–Crippen MR) is 94.6 cm³/mol. The van der Waals surface area contributed by atoms with Crippen molar-refractivity contribution in [2.24, 2.45) is 0 Å². The van der Waals surface area contributed by atoms with E-state index in [2.05, 4.69) is 15.9 Å². The van der Waals surface area contributed by atoms with Crippen LogP contribution in [-0.4, -0.2) is 11.1 Å². The molecule has 0 aliphatic heterocycles. The minimum Gasteiger partial charge on any atom is -0.293 e. The lowest BCUT2D eigenvalue weighted by Gasteiger charge is -2.11. The summed E-state index contributed by atoms with van der Waals surface area (Å²) in [6, 6.07) is 10.8. The molecule has 0 fully saturated rings. The van der Waals surface area contributed by atoms with Crippen molar-refractivity contribution in [1.82, 2.24) is 0 Å². The standard InChI is InChI=1S/C16H8BrCl3O/c17-7-15(21)12-4-8-3-10(19)6-14(20)16(8)13-5-9(18)1-2-11(12)13/h1-6H,7H2. The molecular formula is C16H8BrCl3O. The average molecular weight is 403 g/mol. The molecule has 106 valence electrons. The molecule has 21 heavy (non-hydrogen) atoms. The molecular weight excluding hydrogens is 394 g/mol. The van der Waals surface area contributed by atoms with E-state index >= 15 is 0 Å². The summed E-state index contributed by atoms with van der Waals surface area (Å²) < 4.78 is 0. The monoisotopic (exact) mass is 400 g/mol. The van der Waals surface area contributed by atoms with Gasteiger partial charge in [-0.25, -0.2) is 0 Å². The molecule has 0 spiro atoms. The van der Waals surface area contributed by atoms with Crippen LogP contribution in [0.3, 0.4) is 0 Å². The Hall–Kier alpha value is -0.800. The number of carbonyl (C=O) groups excluding carboxylic acids is 1. The summed E-state index contributed by atoms with van der Waals surface area (Å²) in [5.74, 6) is 0.000297. The van der Waals surface area contributed by atoms with E-state index in [0.29, 0.717) is 20.6 Å². The summed E-state index contributed by atoms with van der Waals surface area (Å²) in [4.78, 5) is 12.2. The molecule has 3 aromatic carbocycles. The normalized spacial score (nSPS) is 11.2. The fourth-order valence-electron chi connectivity index (χ4n) is 2.49. The van der Waals surface area contributed by atoms with Crippen molar-refractivity contribution in [3.63, 3.8) is 0 Å². The van der Waals surface area contributed by atoms with Crippen LogP contribution in [-0.2, 0) is 0 Å². The van der Waals surface area contributed by atoms with Crippen LogP contribution in [0.5, 0.6) is 0 Å². The third-order valence-electron chi connectivity index (χ3n) is 3.35. The van der Waals surface area contributed by atoms with E-state index in [1.807, 2.05) is 18.2 Å². The van der Waals surface area contributed by atoms with Gasteiger partial charge in [0.05, 0.1) is 10.4 Å². The van der Waals surface area contributed by atoms with E-state index in [4.69, 9.17) is 34.8 Å². The van der Waals surface area contributed by atoms with Gasteiger partial charge >= 0.3 is 0 Å². The van der Waals surface area contributed by atoms with Gasteiger partial charge < -0.3 is 0 Å². The van der Waals surface area contributed by atoms with Gasteiger partial charge in [0, 0.05) is 21.0 Å². The highest BCUT2D eigenvalue weighted by molar-refractivity contribution is 9.09. The van der Waals surface area contributed by atoms with Gasteiger partial charge in [0.15, 0.2) is 5.78 Å². The molecule has 0 N–H and O–H groups in total. The Bertz CT molecular complexity index is 890. The van der Waals surface area contributed by atoms with Crippen molar-refractivity contribution in [1.29, 1.82) is 0 Å². The number of benzene rings is 3. The molecule has 0 atom stereocenters. The van der Waals surface area contributed by atoms with Crippen LogP contribution in [0, 0.1) is 0 Å². The fraction of sp³-hybridized carbons (Fsp3) is 0.0625. The van der Waals surface area contributed by atoms with Crippen LogP contribution >= 0.6 is 50.7 Å². The zero-order valence-electron chi connectivity index (χ0n) is 10.6. The maximum atomic E-state index is 12.2. The first-order valence-electron chi connectivity index (χ1n) is 6.11. The molecule has 0 saturated carbocycles. The molecule has 0 aliphatic carbocycles. The summed E-state index contributed by atoms with van der Waals surface area (Å²) in [5, 5.41) is 5.29. The van der Waals surface area contributed by atoms with E-state index in [0.717, 1.165) is 21.5 Å². The number of halogens is 4. The van der Waals surface area contributed by atoms with Crippen molar-refractivity contribution in [3.05, 3.63) is 57.0 Å². The lowest BCUT2D eigenvalue weighted by Crippen LogP contribution is -2.01. The lowest BCUT2D eigenvalue weighted by molar-refractivity contribution is 0.102. The van der Waals surface area contributed by atoms with Crippen LogP contribution < -0.4 is 0 Å². The van der Waals surface area contributed by atoms with Gasteiger partial charge in [-0.2, -0.15) is 0 Å². The number of hydrogen-bond acceptors (Lipinski definition) is 1. The Balaban J connectivity index is 2.56. The number of carbonyl (C=O) groups is 1. The smallest absolute Gasteiger partial charge is 0.174 e. The number of rotatable bonds is 2. The van der Waals surface area contributed by atoms with Crippen LogP contribution in [0.4, 0.5) is 0 Å². The molecule has 0 aromatic heterocycles. The van der Waals surface area contributed by atoms with Crippen molar-refractivity contribution in [3.8, 4) is 0 Å². The summed E-state index contributed by atoms with van der Waals surface area (Å²) in [6.45, 7) is 0. The van der Waals surface area contributed by atoms with Crippen LogP contribution in [0.25, 0.3) is 21.5 Å². The Morgan fingerprint density at radius 1 is 0.952 bits per heavy atom. The SMILES string of the molecule is O=C(CBr)c1cc2cc(Cl)cc(Cl)c2c2cc(Cl)ccc12. The topological polar surface area (TPSA) is 17.1 Å². The van der Waals surface area contributed by atoms with Gasteiger partial charge in [0.2, 0.25) is 0 Å². The van der Waals surface area contributed by atoms with Crippen molar-refractivity contribution >= 4 is 78.1 Å². The van der Waals surface area contributed by atoms with Crippen LogP contribution in [0.15, 0.2) is 36.4 Å². The molecule has 3 aromatic rings. The number of fused-ring (bicyclic) bond motifs is 3. The third kappa shape index (κ3) is 2.66. The zero-order valence-corrected chi connectivity index (χ0v) is 14.4. The molecule has 0 saturated heterocycles. The fourth-order valence-corrected chi connectivity index (χ4v) is 3.57. The van der Waals surface area contributed by atoms with Crippen LogP contribution in [0.2, 0.25) is 15.1 Å². The van der Waals surface area contributed by atoms with E-state index in [-0.39, 0.29) is 11.1 Å². The maximum Gasteiger partial charge on any atom is 0.174 e. The number of ketones is 1. The highest BCUT2D eigenvalue weighted by Crippen LogP contribution is 2.37. The summed E-state index contributed by atoms with van der Waals surface area (Å²) in [5.41, 5.74) is 0.629. The van der Waals surface area contributed by atoms with Gasteiger partial charge in [-0.05, 0) is 46.5 Å². The largest absolute Gasteiger partial charge is 0.293 e. The van der Waals surface area contributed by atoms with E-state index in [9.17, 15) is 4.79 Å². The Labute approximate surface area is 144 Å². The highest BCUT2D eigenvalue weighted by atomic mass is 79.9. The van der Waals surface area contributed by atoms with Gasteiger partial charge in [0.1, 0.15) is 0 Å². The number of hydrogen-bond donors (Lipinski definition) is 0. The van der Waals surface area contributed by atoms with Gasteiger partial charge in [-0.1, -0.05) is 56.8 Å². The first kappa shape index (κ1) is 15.1. The third-order valence-corrected chi connectivity index (χ3v) is 4.61. The molecule has 0 heterocycles. The summed E-state index contributed by atoms with van der Waals surface area (Å²) in [7, 11) is 0. The number of alkyl halides is 1. The van der Waals surface area contributed by atoms with E-state index in [1.54, 1.807) is 18.2 Å². The van der Waals surface area contributed by atoms with Gasteiger partial charge in [-0.15, -0.1) is 0 Å².